The van der Waals surface area contributed by atoms with Crippen LogP contribution in [0.3, 0.4) is 0 Å². The molecule has 72 valence electrons. The Morgan fingerprint density at radius 3 is 2.25 bits per heavy atom. The van der Waals surface area contributed by atoms with Crippen molar-refractivity contribution in [1.29, 1.82) is 0 Å². The Labute approximate surface area is 85.4 Å². The van der Waals surface area contributed by atoms with Crippen LogP contribution in [0.25, 0.3) is 0 Å². The van der Waals surface area contributed by atoms with Crippen LogP contribution in [-0.4, -0.2) is 53.0 Å². The number of hydrogen-bond acceptors (Lipinski definition) is 2. The molecule has 3 heteroatoms. The van der Waals surface area contributed by atoms with E-state index in [1.165, 1.54) is 0 Å². The maximum atomic E-state index is 5.94. The van der Waals surface area contributed by atoms with E-state index in [9.17, 15) is 0 Å². The van der Waals surface area contributed by atoms with Gasteiger partial charge < -0.3 is 0 Å². The first-order valence-corrected chi connectivity index (χ1v) is 12.9. The average Bonchev–Trinajstić information content (AvgIpc) is 2.02. The summed E-state index contributed by atoms with van der Waals surface area (Å²) in [5, 5.41) is 0. The van der Waals surface area contributed by atoms with Crippen molar-refractivity contribution in [2.24, 2.45) is 0 Å². The minimum atomic E-state index is -1.45. The Hall–Kier alpha value is 0.790. The van der Waals surface area contributed by atoms with E-state index in [4.69, 9.17) is 2.85 Å². The van der Waals surface area contributed by atoms with Gasteiger partial charge >= 0.3 is 85.5 Å². The zero-order chi connectivity index (χ0) is 9.56. The number of rotatable bonds is 6. The fourth-order valence-electron chi connectivity index (χ4n) is 1.13. The third kappa shape index (κ3) is 6.32. The van der Waals surface area contributed by atoms with Crippen LogP contribution in [0.2, 0.25) is 9.36 Å². The van der Waals surface area contributed by atoms with Gasteiger partial charge in [0.15, 0.2) is 0 Å². The van der Waals surface area contributed by atoms with Crippen LogP contribution >= 0.6 is 0 Å². The summed E-state index contributed by atoms with van der Waals surface area (Å²) in [5.41, 5.74) is 0. The molecular formula is C9H22InNO. The van der Waals surface area contributed by atoms with Gasteiger partial charge in [0, 0.05) is 0 Å². The van der Waals surface area contributed by atoms with Gasteiger partial charge in [-0.25, -0.2) is 0 Å². The molecule has 0 amide bonds. The summed E-state index contributed by atoms with van der Waals surface area (Å²) in [5.74, 6) is 0. The first-order chi connectivity index (χ1) is 5.60. The van der Waals surface area contributed by atoms with Gasteiger partial charge in [-0.05, 0) is 0 Å². The Balaban J connectivity index is 3.66. The summed E-state index contributed by atoms with van der Waals surface area (Å²) in [4.78, 5) is 2.32. The second kappa shape index (κ2) is 7.22. The molecule has 0 aliphatic heterocycles. The Bertz CT molecular complexity index is 109. The van der Waals surface area contributed by atoms with Gasteiger partial charge in [-0.3, -0.25) is 0 Å². The molecular weight excluding hydrogens is 253 g/mol. The summed E-state index contributed by atoms with van der Waals surface area (Å²) in [6.45, 7) is 6.61. The van der Waals surface area contributed by atoms with E-state index in [-0.39, 0.29) is 0 Å². The molecule has 12 heavy (non-hydrogen) atoms. The summed E-state index contributed by atoms with van der Waals surface area (Å²) >= 11 is -1.45. The summed E-state index contributed by atoms with van der Waals surface area (Å²) in [6.07, 6.45) is 1.64. The van der Waals surface area contributed by atoms with Crippen molar-refractivity contribution in [1.82, 2.24) is 4.90 Å². The Morgan fingerprint density at radius 2 is 1.92 bits per heavy atom. The first-order valence-electron chi connectivity index (χ1n) is 4.94. The van der Waals surface area contributed by atoms with Gasteiger partial charge in [0.1, 0.15) is 0 Å². The zero-order valence-corrected chi connectivity index (χ0v) is 12.4. The molecule has 0 rings (SSSR count). The second-order valence-corrected chi connectivity index (χ2v) is 10.3. The van der Waals surface area contributed by atoms with Crippen molar-refractivity contribution in [2.45, 2.75) is 35.7 Å². The summed E-state index contributed by atoms with van der Waals surface area (Å²) < 4.78 is 10.5. The van der Waals surface area contributed by atoms with Crippen molar-refractivity contribution in [3.63, 3.8) is 0 Å². The van der Waals surface area contributed by atoms with Crippen LogP contribution in [0.4, 0.5) is 0 Å². The molecule has 0 saturated carbocycles. The third-order valence-electron chi connectivity index (χ3n) is 1.98. The van der Waals surface area contributed by atoms with E-state index >= 15 is 0 Å². The molecule has 2 nitrogen and oxygen atoms in total. The van der Waals surface area contributed by atoms with E-state index < -0.39 is 21.9 Å². The van der Waals surface area contributed by atoms with E-state index in [0.29, 0.717) is 6.10 Å². The molecule has 0 radical (unpaired) electrons. The molecule has 0 N–H and O–H groups in total. The van der Waals surface area contributed by atoms with E-state index in [0.717, 1.165) is 19.5 Å². The predicted molar refractivity (Wildman–Crippen MR) is 55.8 cm³/mol. The monoisotopic (exact) mass is 275 g/mol. The van der Waals surface area contributed by atoms with Gasteiger partial charge in [0.2, 0.25) is 0 Å². The zero-order valence-electron chi connectivity index (χ0n) is 9.13. The number of hydrogen-bond donors (Lipinski definition) is 0. The van der Waals surface area contributed by atoms with Crippen LogP contribution in [0.5, 0.6) is 0 Å². The van der Waals surface area contributed by atoms with Crippen LogP contribution < -0.4 is 0 Å². The normalized spacial score (nSPS) is 13.5. The third-order valence-corrected chi connectivity index (χ3v) is 4.63. The van der Waals surface area contributed by atoms with Crippen molar-refractivity contribution >= 4 is 21.9 Å². The van der Waals surface area contributed by atoms with Crippen LogP contribution in [0.1, 0.15) is 20.3 Å². The van der Waals surface area contributed by atoms with Gasteiger partial charge in [-0.2, -0.15) is 0 Å². The van der Waals surface area contributed by atoms with Gasteiger partial charge in [0.25, 0.3) is 0 Å². The fraction of sp³-hybridized carbons (Fsp3) is 1.00. The molecule has 0 heterocycles. The second-order valence-electron chi connectivity index (χ2n) is 3.57. The van der Waals surface area contributed by atoms with Gasteiger partial charge in [-0.1, -0.05) is 0 Å². The molecule has 1 atom stereocenters. The Kier molecular flexibility index (Phi) is 7.69. The van der Waals surface area contributed by atoms with Crippen LogP contribution in [-0.2, 0) is 2.85 Å². The van der Waals surface area contributed by atoms with E-state index in [1.807, 2.05) is 0 Å². The van der Waals surface area contributed by atoms with E-state index in [2.05, 4.69) is 35.2 Å². The molecule has 1 unspecified atom stereocenters. The molecule has 0 bridgehead atoms. The molecule has 0 aromatic carbocycles. The molecule has 0 aliphatic carbocycles. The average molecular weight is 275 g/mol. The quantitative estimate of drug-likeness (QED) is 0.735. The number of nitrogens with zero attached hydrogens (tertiary/aromatic N) is 1. The summed E-state index contributed by atoms with van der Waals surface area (Å²) in [6, 6.07) is 0. The SMILES string of the molecule is CCC(CN(C)CC)[O][In]([CH3])[CH3]. The molecule has 0 saturated heterocycles. The first kappa shape index (κ1) is 12.8. The molecule has 0 aliphatic rings. The van der Waals surface area contributed by atoms with Crippen molar-refractivity contribution < 1.29 is 2.85 Å². The minimum absolute atomic E-state index is 0.491. The van der Waals surface area contributed by atoms with E-state index in [1.54, 1.807) is 0 Å². The predicted octanol–water partition coefficient (Wildman–Crippen LogP) is 1.98. The molecule has 0 aromatic rings. The van der Waals surface area contributed by atoms with Crippen molar-refractivity contribution in [2.75, 3.05) is 20.1 Å². The van der Waals surface area contributed by atoms with Crippen LogP contribution in [0.15, 0.2) is 0 Å². The number of likely N-dealkylation sites (N-methyl/N-ethyl adjacent to an activating group) is 1. The van der Waals surface area contributed by atoms with Crippen molar-refractivity contribution in [3.05, 3.63) is 0 Å². The topological polar surface area (TPSA) is 12.5 Å². The standard InChI is InChI=1S/C7H16NO.2CH3.In/c1-4-7(9)6-8(3)5-2;;;/h7H,4-6H2,1-3H3;2*1H3;/q-1;;;+1. The Morgan fingerprint density at radius 1 is 1.33 bits per heavy atom. The molecule has 0 fully saturated rings. The van der Waals surface area contributed by atoms with Gasteiger partial charge in [-0.15, -0.1) is 0 Å². The van der Waals surface area contributed by atoms with Crippen LogP contribution in [0, 0.1) is 0 Å². The fourth-order valence-corrected chi connectivity index (χ4v) is 4.12. The molecule has 0 spiro atoms. The van der Waals surface area contributed by atoms with Gasteiger partial charge in [0.05, 0.1) is 0 Å². The van der Waals surface area contributed by atoms with Crippen molar-refractivity contribution in [3.8, 4) is 0 Å². The summed E-state index contributed by atoms with van der Waals surface area (Å²) in [7, 11) is 2.15. The maximum absolute atomic E-state index is 5.94. The molecule has 0 aromatic heterocycles.